The van der Waals surface area contributed by atoms with E-state index < -0.39 is 0 Å². The van der Waals surface area contributed by atoms with E-state index in [1.54, 1.807) is 0 Å². The molecular formula is C19H21IN2O. The van der Waals surface area contributed by atoms with Gasteiger partial charge in [0.1, 0.15) is 0 Å². The van der Waals surface area contributed by atoms with Gasteiger partial charge in [0.2, 0.25) is 0 Å². The van der Waals surface area contributed by atoms with E-state index >= 15 is 0 Å². The molecule has 4 heteroatoms. The largest absolute Gasteiger partial charge is 0.332 e. The van der Waals surface area contributed by atoms with Crippen molar-refractivity contribution in [2.75, 3.05) is 26.2 Å². The number of halogens is 1. The van der Waals surface area contributed by atoms with Gasteiger partial charge in [-0.05, 0) is 55.5 Å². The Morgan fingerprint density at radius 1 is 1.22 bits per heavy atom. The van der Waals surface area contributed by atoms with Crippen molar-refractivity contribution in [3.8, 4) is 0 Å². The number of rotatable bonds is 1. The molecule has 0 saturated carbocycles. The molecule has 2 bridgehead atoms. The van der Waals surface area contributed by atoms with E-state index in [1.165, 1.54) is 37.1 Å². The highest BCUT2D eigenvalue weighted by molar-refractivity contribution is 14.1. The fourth-order valence-electron chi connectivity index (χ4n) is 5.06. The van der Waals surface area contributed by atoms with Gasteiger partial charge in [-0.3, -0.25) is 4.79 Å². The monoisotopic (exact) mass is 420 g/mol. The van der Waals surface area contributed by atoms with Crippen molar-refractivity contribution in [2.45, 2.75) is 28.7 Å². The van der Waals surface area contributed by atoms with Gasteiger partial charge >= 0.3 is 0 Å². The third-order valence-corrected chi connectivity index (χ3v) is 7.44. The minimum Gasteiger partial charge on any atom is -0.332 e. The zero-order chi connectivity index (χ0) is 15.6. The number of benzene rings is 1. The van der Waals surface area contributed by atoms with E-state index in [-0.39, 0.29) is 9.33 Å². The van der Waals surface area contributed by atoms with Gasteiger partial charge in [0, 0.05) is 24.7 Å². The molecule has 2 atom stereocenters. The number of piperidine rings is 3. The first-order chi connectivity index (χ1) is 11.2. The van der Waals surface area contributed by atoms with Crippen molar-refractivity contribution in [3.63, 3.8) is 0 Å². The second kappa shape index (κ2) is 5.06. The molecule has 3 saturated heterocycles. The predicted molar refractivity (Wildman–Crippen MR) is 99.0 cm³/mol. The molecule has 6 rings (SSSR count). The summed E-state index contributed by atoms with van der Waals surface area (Å²) in [5, 5.41) is 0. The Balaban J connectivity index is 1.59. The summed E-state index contributed by atoms with van der Waals surface area (Å²) in [6.45, 7) is 4.35. The van der Waals surface area contributed by atoms with E-state index in [4.69, 9.17) is 0 Å². The molecule has 0 aromatic heterocycles. The van der Waals surface area contributed by atoms with Gasteiger partial charge in [0.05, 0.1) is 3.42 Å². The molecule has 4 aliphatic heterocycles. The van der Waals surface area contributed by atoms with Gasteiger partial charge in [-0.25, -0.2) is 0 Å². The summed E-state index contributed by atoms with van der Waals surface area (Å²) in [5.41, 5.74) is 3.57. The standard InChI is InChI=1S/C19H21IN2O/c20-19-8-2-4-14-3-1-5-15(17(14)19)18(23)22(12-19)16-11-21-9-6-13(16)7-10-21/h1-3,5,8,13,16H,4,6-7,9-12H2/t16-,19-/m1/s1. The molecule has 3 fully saturated rings. The fraction of sp³-hybridized carbons (Fsp3) is 0.526. The maximum absolute atomic E-state index is 13.3. The van der Waals surface area contributed by atoms with Crippen LogP contribution in [-0.2, 0) is 9.84 Å². The molecule has 5 aliphatic rings. The number of nitrogens with zero attached hydrogens (tertiary/aromatic N) is 2. The number of allylic oxidation sites excluding steroid dienone is 1. The van der Waals surface area contributed by atoms with Crippen LogP contribution < -0.4 is 0 Å². The summed E-state index contributed by atoms with van der Waals surface area (Å²) in [6, 6.07) is 6.69. The summed E-state index contributed by atoms with van der Waals surface area (Å²) in [4.78, 5) is 18.0. The summed E-state index contributed by atoms with van der Waals surface area (Å²) in [6.07, 6.45) is 8.08. The number of fused-ring (bicyclic) bond motifs is 3. The minimum atomic E-state index is -0.0398. The number of hydrogen-bond acceptors (Lipinski definition) is 2. The number of carbonyl (C=O) groups is 1. The Morgan fingerprint density at radius 3 is 2.78 bits per heavy atom. The van der Waals surface area contributed by atoms with E-state index in [2.05, 4.69) is 56.7 Å². The molecule has 0 N–H and O–H groups in total. The van der Waals surface area contributed by atoms with Crippen molar-refractivity contribution in [1.29, 1.82) is 0 Å². The maximum atomic E-state index is 13.3. The molecule has 1 aromatic rings. The van der Waals surface area contributed by atoms with E-state index in [9.17, 15) is 4.79 Å². The second-order valence-electron chi connectivity index (χ2n) is 7.45. The van der Waals surface area contributed by atoms with Crippen LogP contribution in [0.3, 0.4) is 0 Å². The van der Waals surface area contributed by atoms with Gasteiger partial charge < -0.3 is 9.80 Å². The Morgan fingerprint density at radius 2 is 2.04 bits per heavy atom. The van der Waals surface area contributed by atoms with Gasteiger partial charge in [0.15, 0.2) is 0 Å². The smallest absolute Gasteiger partial charge is 0.254 e. The van der Waals surface area contributed by atoms with Crippen LogP contribution in [0.15, 0.2) is 30.4 Å². The lowest BCUT2D eigenvalue weighted by atomic mass is 9.77. The Hall–Kier alpha value is -0.880. The SMILES string of the molecule is O=C1c2cccc3c2[C@@](I)(C=CC3)CN1[C@@H]1CN2CCC1CC2. The first-order valence-corrected chi connectivity index (χ1v) is 9.76. The molecule has 0 radical (unpaired) electrons. The van der Waals surface area contributed by atoms with Crippen LogP contribution in [-0.4, -0.2) is 47.9 Å². The average Bonchev–Trinajstić information content (AvgIpc) is 2.59. The molecular weight excluding hydrogens is 399 g/mol. The van der Waals surface area contributed by atoms with Crippen LogP contribution in [0.25, 0.3) is 0 Å². The first-order valence-electron chi connectivity index (χ1n) is 8.68. The van der Waals surface area contributed by atoms with Gasteiger partial charge in [0.25, 0.3) is 5.91 Å². The van der Waals surface area contributed by atoms with E-state index in [0.29, 0.717) is 12.0 Å². The average molecular weight is 420 g/mol. The first kappa shape index (κ1) is 14.5. The third kappa shape index (κ3) is 2.07. The Kier molecular flexibility index (Phi) is 3.18. The second-order valence-corrected chi connectivity index (χ2v) is 9.37. The molecule has 0 unspecified atom stereocenters. The van der Waals surface area contributed by atoms with E-state index in [1.807, 2.05) is 6.07 Å². The molecule has 4 heterocycles. The van der Waals surface area contributed by atoms with Gasteiger partial charge in [-0.1, -0.05) is 46.9 Å². The van der Waals surface area contributed by atoms with Crippen LogP contribution in [0.4, 0.5) is 0 Å². The lowest BCUT2D eigenvalue weighted by Crippen LogP contribution is -2.62. The topological polar surface area (TPSA) is 23.6 Å². The van der Waals surface area contributed by atoms with Gasteiger partial charge in [-0.15, -0.1) is 0 Å². The molecule has 0 spiro atoms. The molecule has 1 amide bonds. The summed E-state index contributed by atoms with van der Waals surface area (Å²) in [7, 11) is 0. The molecule has 23 heavy (non-hydrogen) atoms. The quantitative estimate of drug-likeness (QED) is 0.396. The zero-order valence-electron chi connectivity index (χ0n) is 13.2. The lowest BCUT2D eigenvalue weighted by molar-refractivity contribution is 0.00392. The van der Waals surface area contributed by atoms with Crippen LogP contribution in [0.1, 0.15) is 34.3 Å². The Labute approximate surface area is 150 Å². The number of amides is 1. The molecule has 1 aromatic carbocycles. The maximum Gasteiger partial charge on any atom is 0.254 e. The highest BCUT2D eigenvalue weighted by Crippen LogP contribution is 2.46. The highest BCUT2D eigenvalue weighted by Gasteiger charge is 2.47. The van der Waals surface area contributed by atoms with Crippen LogP contribution >= 0.6 is 22.6 Å². The van der Waals surface area contributed by atoms with Crippen molar-refractivity contribution in [3.05, 3.63) is 47.0 Å². The molecule has 1 aliphatic carbocycles. The highest BCUT2D eigenvalue weighted by atomic mass is 127. The van der Waals surface area contributed by atoms with Gasteiger partial charge in [-0.2, -0.15) is 0 Å². The number of carbonyl (C=O) groups excluding carboxylic acids is 1. The van der Waals surface area contributed by atoms with Crippen molar-refractivity contribution in [2.24, 2.45) is 5.92 Å². The van der Waals surface area contributed by atoms with Crippen molar-refractivity contribution < 1.29 is 4.79 Å². The third-order valence-electron chi connectivity index (χ3n) is 6.20. The van der Waals surface area contributed by atoms with Crippen LogP contribution in [0.2, 0.25) is 0 Å². The van der Waals surface area contributed by atoms with Crippen LogP contribution in [0.5, 0.6) is 0 Å². The number of alkyl halides is 1. The lowest BCUT2D eigenvalue weighted by Gasteiger charge is -2.52. The normalized spacial score (nSPS) is 37.9. The summed E-state index contributed by atoms with van der Waals surface area (Å²) >= 11 is 2.58. The number of hydrogen-bond donors (Lipinski definition) is 0. The molecule has 120 valence electrons. The summed E-state index contributed by atoms with van der Waals surface area (Å²) in [5.74, 6) is 0.962. The fourth-order valence-corrected chi connectivity index (χ4v) is 6.31. The molecule has 3 nitrogen and oxygen atoms in total. The van der Waals surface area contributed by atoms with Crippen LogP contribution in [0, 0.1) is 5.92 Å². The van der Waals surface area contributed by atoms with Crippen molar-refractivity contribution >= 4 is 28.5 Å². The van der Waals surface area contributed by atoms with Crippen molar-refractivity contribution in [1.82, 2.24) is 9.80 Å². The summed E-state index contributed by atoms with van der Waals surface area (Å²) < 4.78 is -0.0398. The zero-order valence-corrected chi connectivity index (χ0v) is 15.3. The van der Waals surface area contributed by atoms with E-state index in [0.717, 1.165) is 25.1 Å². The predicted octanol–water partition coefficient (Wildman–Crippen LogP) is 2.98. The minimum absolute atomic E-state index is 0.0398. The Bertz CT molecular complexity index is 707.